The van der Waals surface area contributed by atoms with Crippen molar-refractivity contribution >= 4 is 6.03 Å². The fourth-order valence-corrected chi connectivity index (χ4v) is 1.37. The lowest BCUT2D eigenvalue weighted by Gasteiger charge is -2.16. The zero-order chi connectivity index (χ0) is 13.4. The number of nitrogens with one attached hydrogen (secondary N) is 2. The zero-order valence-corrected chi connectivity index (χ0v) is 10.8. The Morgan fingerprint density at radius 3 is 2.67 bits per heavy atom. The second-order valence-electron chi connectivity index (χ2n) is 4.01. The van der Waals surface area contributed by atoms with Crippen LogP contribution in [0.3, 0.4) is 0 Å². The molecule has 1 unspecified atom stereocenters. The first-order chi connectivity index (χ1) is 8.61. The lowest BCUT2D eigenvalue weighted by Crippen LogP contribution is -2.43. The molecule has 0 spiro atoms. The third-order valence-corrected chi connectivity index (χ3v) is 2.30. The van der Waals surface area contributed by atoms with Crippen molar-refractivity contribution < 1.29 is 14.6 Å². The van der Waals surface area contributed by atoms with E-state index in [0.29, 0.717) is 12.3 Å². The fraction of sp³-hybridized carbons (Fsp3) is 0.462. The number of carbonyl (C=O) groups excluding carboxylic acids is 1. The summed E-state index contributed by atoms with van der Waals surface area (Å²) in [5, 5.41) is 14.5. The second kappa shape index (κ2) is 7.42. The van der Waals surface area contributed by atoms with Gasteiger partial charge in [-0.2, -0.15) is 0 Å². The molecule has 0 bridgehead atoms. The molecule has 0 heterocycles. The number of rotatable bonds is 6. The molecule has 2 amide bonds. The predicted molar refractivity (Wildman–Crippen MR) is 69.6 cm³/mol. The summed E-state index contributed by atoms with van der Waals surface area (Å²) in [5.74, 6) is 0.773. The molecule has 5 heteroatoms. The smallest absolute Gasteiger partial charge is 0.317 e. The number of urea groups is 1. The monoisotopic (exact) mass is 252 g/mol. The average molecular weight is 252 g/mol. The summed E-state index contributed by atoms with van der Waals surface area (Å²) < 4.78 is 5.46. The van der Waals surface area contributed by atoms with E-state index in [1.165, 1.54) is 12.1 Å². The normalized spacial score (nSPS) is 11.7. The van der Waals surface area contributed by atoms with Gasteiger partial charge in [0.05, 0.1) is 0 Å². The SMILES string of the molecule is CCCCNC(=O)NC(C)Oc1ccc(O)cc1. The Morgan fingerprint density at radius 1 is 1.39 bits per heavy atom. The molecule has 0 aliphatic rings. The molecule has 1 atom stereocenters. The number of benzene rings is 1. The van der Waals surface area contributed by atoms with E-state index in [2.05, 4.69) is 17.6 Å². The van der Waals surface area contributed by atoms with Gasteiger partial charge in [-0.25, -0.2) is 4.79 Å². The largest absolute Gasteiger partial charge is 0.508 e. The predicted octanol–water partition coefficient (Wildman–Crippen LogP) is 2.22. The van der Waals surface area contributed by atoms with E-state index < -0.39 is 6.23 Å². The minimum absolute atomic E-state index is 0.181. The maximum absolute atomic E-state index is 11.4. The molecule has 0 fully saturated rings. The molecule has 5 nitrogen and oxygen atoms in total. The topological polar surface area (TPSA) is 70.6 Å². The van der Waals surface area contributed by atoms with Gasteiger partial charge in [0.25, 0.3) is 0 Å². The van der Waals surface area contributed by atoms with Crippen LogP contribution in [0.15, 0.2) is 24.3 Å². The van der Waals surface area contributed by atoms with Crippen LogP contribution in [-0.4, -0.2) is 23.9 Å². The van der Waals surface area contributed by atoms with Gasteiger partial charge in [-0.15, -0.1) is 0 Å². The van der Waals surface area contributed by atoms with Gasteiger partial charge in [-0.05, 0) is 37.6 Å². The highest BCUT2D eigenvalue weighted by atomic mass is 16.5. The molecule has 0 aliphatic carbocycles. The summed E-state index contributed by atoms with van der Waals surface area (Å²) in [6.07, 6.45) is 1.57. The highest BCUT2D eigenvalue weighted by Crippen LogP contribution is 2.16. The lowest BCUT2D eigenvalue weighted by molar-refractivity contribution is 0.177. The van der Waals surface area contributed by atoms with Crippen LogP contribution in [0.1, 0.15) is 26.7 Å². The number of aromatic hydroxyl groups is 1. The Balaban J connectivity index is 2.30. The Kier molecular flexibility index (Phi) is 5.84. The number of carbonyl (C=O) groups is 1. The molecule has 0 aromatic heterocycles. The summed E-state index contributed by atoms with van der Waals surface area (Å²) in [5.41, 5.74) is 0. The number of phenolic OH excluding ortho intramolecular Hbond substituents is 1. The fourth-order valence-electron chi connectivity index (χ4n) is 1.37. The number of hydrogen-bond acceptors (Lipinski definition) is 3. The standard InChI is InChI=1S/C13H20N2O3/c1-3-4-9-14-13(17)15-10(2)18-12-7-5-11(16)6-8-12/h5-8,10,16H,3-4,9H2,1-2H3,(H2,14,15,17). The van der Waals surface area contributed by atoms with Crippen molar-refractivity contribution in [3.63, 3.8) is 0 Å². The first kappa shape index (κ1) is 14.2. The van der Waals surface area contributed by atoms with Crippen LogP contribution in [0.25, 0.3) is 0 Å². The maximum atomic E-state index is 11.4. The summed E-state index contributed by atoms with van der Waals surface area (Å²) in [6, 6.07) is 6.10. The van der Waals surface area contributed by atoms with Gasteiger partial charge in [0.2, 0.25) is 0 Å². The first-order valence-corrected chi connectivity index (χ1v) is 6.12. The number of unbranched alkanes of at least 4 members (excludes halogenated alkanes) is 1. The van der Waals surface area contributed by atoms with Crippen molar-refractivity contribution in [2.24, 2.45) is 0 Å². The van der Waals surface area contributed by atoms with Gasteiger partial charge < -0.3 is 20.5 Å². The van der Waals surface area contributed by atoms with E-state index in [4.69, 9.17) is 9.84 Å². The Labute approximate surface area is 107 Å². The van der Waals surface area contributed by atoms with Crippen molar-refractivity contribution in [3.05, 3.63) is 24.3 Å². The second-order valence-corrected chi connectivity index (χ2v) is 4.01. The molecule has 3 N–H and O–H groups in total. The van der Waals surface area contributed by atoms with E-state index in [1.807, 2.05) is 0 Å². The molecular weight excluding hydrogens is 232 g/mol. The van der Waals surface area contributed by atoms with Crippen molar-refractivity contribution in [2.45, 2.75) is 32.9 Å². The Hall–Kier alpha value is -1.91. The minimum atomic E-state index is -0.434. The number of phenols is 1. The lowest BCUT2D eigenvalue weighted by atomic mass is 10.3. The maximum Gasteiger partial charge on any atom is 0.317 e. The number of ether oxygens (including phenoxy) is 1. The summed E-state index contributed by atoms with van der Waals surface area (Å²) in [6.45, 7) is 4.47. The molecule has 0 radical (unpaired) electrons. The number of amides is 2. The van der Waals surface area contributed by atoms with Crippen LogP contribution in [0.4, 0.5) is 4.79 Å². The van der Waals surface area contributed by atoms with Crippen molar-refractivity contribution in [1.29, 1.82) is 0 Å². The third kappa shape index (κ3) is 5.43. The molecule has 0 aliphatic heterocycles. The summed E-state index contributed by atoms with van der Waals surface area (Å²) >= 11 is 0. The third-order valence-electron chi connectivity index (χ3n) is 2.30. The van der Waals surface area contributed by atoms with Crippen molar-refractivity contribution in [2.75, 3.05) is 6.54 Å². The molecule has 18 heavy (non-hydrogen) atoms. The highest BCUT2D eigenvalue weighted by molar-refractivity contribution is 5.73. The molecule has 1 aromatic carbocycles. The quantitative estimate of drug-likeness (QED) is 0.537. The van der Waals surface area contributed by atoms with Crippen LogP contribution in [-0.2, 0) is 0 Å². The van der Waals surface area contributed by atoms with Crippen molar-refractivity contribution in [3.8, 4) is 11.5 Å². The van der Waals surface area contributed by atoms with Gasteiger partial charge in [0.15, 0.2) is 6.23 Å². The van der Waals surface area contributed by atoms with Gasteiger partial charge in [-0.1, -0.05) is 13.3 Å². The van der Waals surface area contributed by atoms with Crippen LogP contribution in [0.2, 0.25) is 0 Å². The molecule has 0 saturated carbocycles. The Morgan fingerprint density at radius 2 is 2.06 bits per heavy atom. The van der Waals surface area contributed by atoms with E-state index in [9.17, 15) is 4.79 Å². The molecule has 1 aromatic rings. The zero-order valence-electron chi connectivity index (χ0n) is 10.8. The van der Waals surface area contributed by atoms with Crippen LogP contribution in [0.5, 0.6) is 11.5 Å². The van der Waals surface area contributed by atoms with Gasteiger partial charge in [0.1, 0.15) is 11.5 Å². The molecular formula is C13H20N2O3. The van der Waals surface area contributed by atoms with Gasteiger partial charge in [-0.3, -0.25) is 0 Å². The van der Waals surface area contributed by atoms with E-state index in [-0.39, 0.29) is 11.8 Å². The van der Waals surface area contributed by atoms with Crippen LogP contribution < -0.4 is 15.4 Å². The van der Waals surface area contributed by atoms with E-state index >= 15 is 0 Å². The van der Waals surface area contributed by atoms with Crippen molar-refractivity contribution in [1.82, 2.24) is 10.6 Å². The van der Waals surface area contributed by atoms with Crippen LogP contribution >= 0.6 is 0 Å². The minimum Gasteiger partial charge on any atom is -0.508 e. The summed E-state index contributed by atoms with van der Waals surface area (Å²) in [7, 11) is 0. The first-order valence-electron chi connectivity index (χ1n) is 6.12. The van der Waals surface area contributed by atoms with Gasteiger partial charge >= 0.3 is 6.03 Å². The molecule has 100 valence electrons. The molecule has 1 rings (SSSR count). The molecule has 0 saturated heterocycles. The van der Waals surface area contributed by atoms with E-state index in [1.54, 1.807) is 19.1 Å². The average Bonchev–Trinajstić information content (AvgIpc) is 2.32. The highest BCUT2D eigenvalue weighted by Gasteiger charge is 2.07. The number of hydrogen-bond donors (Lipinski definition) is 3. The summed E-state index contributed by atoms with van der Waals surface area (Å²) in [4.78, 5) is 11.4. The Bertz CT molecular complexity index is 365. The van der Waals surface area contributed by atoms with E-state index in [0.717, 1.165) is 12.8 Å². The van der Waals surface area contributed by atoms with Crippen LogP contribution in [0, 0.1) is 0 Å². The van der Waals surface area contributed by atoms with Gasteiger partial charge in [0, 0.05) is 6.54 Å².